The summed E-state index contributed by atoms with van der Waals surface area (Å²) in [6, 6.07) is 18.6. The minimum absolute atomic E-state index is 0.229. The van der Waals surface area contributed by atoms with E-state index in [1.165, 1.54) is 12.8 Å². The third kappa shape index (κ3) is 7.30. The quantitative estimate of drug-likeness (QED) is 0.355. The number of rotatable bonds is 12. The summed E-state index contributed by atoms with van der Waals surface area (Å²) in [6.07, 6.45) is 2.43. The van der Waals surface area contributed by atoms with Crippen LogP contribution in [-0.2, 0) is 13.2 Å². The molecule has 37 heavy (non-hydrogen) atoms. The van der Waals surface area contributed by atoms with E-state index in [0.29, 0.717) is 42.5 Å². The van der Waals surface area contributed by atoms with Gasteiger partial charge in [0, 0.05) is 24.8 Å². The number of anilines is 1. The minimum Gasteiger partial charge on any atom is -0.497 e. The molecule has 3 aromatic carbocycles. The zero-order valence-corrected chi connectivity index (χ0v) is 21.5. The molecule has 0 atom stereocenters. The van der Waals surface area contributed by atoms with Crippen LogP contribution >= 0.6 is 0 Å². The normalized spacial score (nSPS) is 13.2. The summed E-state index contributed by atoms with van der Waals surface area (Å²) in [5.41, 5.74) is 8.91. The number of methoxy groups -OCH3 is 2. The van der Waals surface area contributed by atoms with Crippen molar-refractivity contribution >= 4 is 11.6 Å². The van der Waals surface area contributed by atoms with Crippen molar-refractivity contribution in [2.75, 3.05) is 46.1 Å². The molecule has 0 bridgehead atoms. The van der Waals surface area contributed by atoms with Crippen molar-refractivity contribution in [3.05, 3.63) is 77.4 Å². The molecule has 1 heterocycles. The van der Waals surface area contributed by atoms with Gasteiger partial charge >= 0.3 is 0 Å². The molecule has 0 aromatic heterocycles. The minimum atomic E-state index is -0.229. The molecule has 4 rings (SSSR count). The fourth-order valence-corrected chi connectivity index (χ4v) is 4.19. The predicted molar refractivity (Wildman–Crippen MR) is 144 cm³/mol. The highest BCUT2D eigenvalue weighted by atomic mass is 16.5. The van der Waals surface area contributed by atoms with Gasteiger partial charge in [0.25, 0.3) is 5.91 Å². The maximum Gasteiger partial charge on any atom is 0.253 e. The van der Waals surface area contributed by atoms with E-state index in [2.05, 4.69) is 10.2 Å². The lowest BCUT2D eigenvalue weighted by atomic mass is 10.1. The number of nitrogen functional groups attached to an aromatic ring is 1. The molecule has 0 aliphatic carbocycles. The van der Waals surface area contributed by atoms with Gasteiger partial charge in [-0.15, -0.1) is 0 Å². The number of carbonyl (C=O) groups excluding carboxylic acids is 1. The van der Waals surface area contributed by atoms with Crippen molar-refractivity contribution in [3.8, 4) is 23.0 Å². The van der Waals surface area contributed by atoms with Gasteiger partial charge in [-0.1, -0.05) is 24.3 Å². The molecule has 0 unspecified atom stereocenters. The molecule has 3 aromatic rings. The maximum absolute atomic E-state index is 13.0. The molecular formula is C29H35N3O5. The zero-order valence-electron chi connectivity index (χ0n) is 21.5. The van der Waals surface area contributed by atoms with Crippen molar-refractivity contribution in [2.45, 2.75) is 26.1 Å². The Morgan fingerprint density at radius 1 is 0.838 bits per heavy atom. The summed E-state index contributed by atoms with van der Waals surface area (Å²) in [5, 5.41) is 2.99. The van der Waals surface area contributed by atoms with Gasteiger partial charge in [0.2, 0.25) is 0 Å². The van der Waals surface area contributed by atoms with Crippen LogP contribution in [0.15, 0.2) is 60.7 Å². The van der Waals surface area contributed by atoms with E-state index in [-0.39, 0.29) is 5.91 Å². The number of hydrogen-bond donors (Lipinski definition) is 2. The number of nitrogens with one attached hydrogen (secondary N) is 1. The van der Waals surface area contributed by atoms with Gasteiger partial charge in [0.15, 0.2) is 11.5 Å². The summed E-state index contributed by atoms with van der Waals surface area (Å²) < 4.78 is 22.7. The van der Waals surface area contributed by atoms with Crippen molar-refractivity contribution in [2.24, 2.45) is 0 Å². The smallest absolute Gasteiger partial charge is 0.253 e. The fourth-order valence-electron chi connectivity index (χ4n) is 4.19. The van der Waals surface area contributed by atoms with E-state index in [9.17, 15) is 4.79 Å². The third-order valence-corrected chi connectivity index (χ3v) is 6.38. The first-order chi connectivity index (χ1) is 18.1. The Kier molecular flexibility index (Phi) is 9.10. The Hall–Kier alpha value is -3.91. The summed E-state index contributed by atoms with van der Waals surface area (Å²) in [5.74, 6) is 2.23. The van der Waals surface area contributed by atoms with Gasteiger partial charge in [-0.3, -0.25) is 4.79 Å². The molecule has 1 fully saturated rings. The van der Waals surface area contributed by atoms with Crippen LogP contribution < -0.4 is 30.0 Å². The number of likely N-dealkylation sites (tertiary alicyclic amines) is 1. The van der Waals surface area contributed by atoms with Crippen LogP contribution in [0.2, 0.25) is 0 Å². The molecule has 8 nitrogen and oxygen atoms in total. The van der Waals surface area contributed by atoms with Crippen molar-refractivity contribution < 1.29 is 23.7 Å². The number of hydrogen-bond acceptors (Lipinski definition) is 7. The molecule has 1 aliphatic heterocycles. The second kappa shape index (κ2) is 12.9. The molecule has 1 saturated heterocycles. The van der Waals surface area contributed by atoms with Gasteiger partial charge in [0.05, 0.1) is 19.8 Å². The van der Waals surface area contributed by atoms with E-state index in [4.69, 9.17) is 24.7 Å². The second-order valence-electron chi connectivity index (χ2n) is 8.96. The number of amides is 1. The van der Waals surface area contributed by atoms with Gasteiger partial charge in [-0.2, -0.15) is 0 Å². The van der Waals surface area contributed by atoms with Crippen molar-refractivity contribution in [1.82, 2.24) is 10.2 Å². The highest BCUT2D eigenvalue weighted by Crippen LogP contribution is 2.34. The first-order valence-corrected chi connectivity index (χ1v) is 12.5. The standard InChI is InChI=1S/C29H35N3O5/c1-34-23-9-5-21(6-10-23)19-36-27-17-25(29(33)31-13-16-32-14-3-4-15-32)26(30)18-28(27)37-20-22-7-11-24(35-2)12-8-22/h5-12,17-18H,3-4,13-16,19-20,30H2,1-2H3,(H,31,33). The van der Waals surface area contributed by atoms with Gasteiger partial charge < -0.3 is 34.9 Å². The fraction of sp³-hybridized carbons (Fsp3) is 0.345. The molecular weight excluding hydrogens is 470 g/mol. The van der Waals surface area contributed by atoms with Gasteiger partial charge in [-0.05, 0) is 67.4 Å². The molecule has 196 valence electrons. The van der Waals surface area contributed by atoms with Crippen LogP contribution in [0.25, 0.3) is 0 Å². The lowest BCUT2D eigenvalue weighted by Gasteiger charge is -2.17. The Morgan fingerprint density at radius 3 is 1.86 bits per heavy atom. The van der Waals surface area contributed by atoms with E-state index in [1.807, 2.05) is 48.5 Å². The lowest BCUT2D eigenvalue weighted by Crippen LogP contribution is -2.33. The topological polar surface area (TPSA) is 95.3 Å². The summed E-state index contributed by atoms with van der Waals surface area (Å²) in [7, 11) is 3.26. The first-order valence-electron chi connectivity index (χ1n) is 12.5. The molecule has 8 heteroatoms. The lowest BCUT2D eigenvalue weighted by molar-refractivity contribution is 0.0950. The number of ether oxygens (including phenoxy) is 4. The summed E-state index contributed by atoms with van der Waals surface area (Å²) in [6.45, 7) is 4.17. The molecule has 0 radical (unpaired) electrons. The molecule has 3 N–H and O–H groups in total. The average Bonchev–Trinajstić information content (AvgIpc) is 3.45. The Bertz CT molecular complexity index is 1160. The van der Waals surface area contributed by atoms with E-state index in [1.54, 1.807) is 26.4 Å². The zero-order chi connectivity index (χ0) is 26.0. The molecule has 1 amide bonds. The number of benzene rings is 3. The first kappa shape index (κ1) is 26.2. The number of nitrogens with zero attached hydrogens (tertiary/aromatic N) is 1. The Morgan fingerprint density at radius 2 is 1.35 bits per heavy atom. The van der Waals surface area contributed by atoms with E-state index in [0.717, 1.165) is 42.3 Å². The van der Waals surface area contributed by atoms with Crippen LogP contribution in [0.4, 0.5) is 5.69 Å². The van der Waals surface area contributed by atoms with Crippen LogP contribution in [0, 0.1) is 0 Å². The van der Waals surface area contributed by atoms with Crippen LogP contribution in [0.3, 0.4) is 0 Å². The highest BCUT2D eigenvalue weighted by molar-refractivity contribution is 6.00. The van der Waals surface area contributed by atoms with Crippen molar-refractivity contribution in [1.29, 1.82) is 0 Å². The largest absolute Gasteiger partial charge is 0.497 e. The maximum atomic E-state index is 13.0. The molecule has 0 saturated carbocycles. The highest BCUT2D eigenvalue weighted by Gasteiger charge is 2.18. The van der Waals surface area contributed by atoms with E-state index >= 15 is 0 Å². The van der Waals surface area contributed by atoms with Crippen LogP contribution in [0.5, 0.6) is 23.0 Å². The van der Waals surface area contributed by atoms with E-state index < -0.39 is 0 Å². The Balaban J connectivity index is 1.48. The number of carbonyl (C=O) groups is 1. The molecule has 1 aliphatic rings. The second-order valence-corrected chi connectivity index (χ2v) is 8.96. The summed E-state index contributed by atoms with van der Waals surface area (Å²) in [4.78, 5) is 15.3. The predicted octanol–water partition coefficient (Wildman–Crippen LogP) is 4.27. The third-order valence-electron chi connectivity index (χ3n) is 6.38. The van der Waals surface area contributed by atoms with Crippen LogP contribution in [0.1, 0.15) is 34.3 Å². The summed E-state index contributed by atoms with van der Waals surface area (Å²) >= 11 is 0. The SMILES string of the molecule is COc1ccc(COc2cc(N)c(C(=O)NCCN3CCCC3)cc2OCc2ccc(OC)cc2)cc1. The number of nitrogens with two attached hydrogens (primary N) is 1. The average molecular weight is 506 g/mol. The molecule has 0 spiro atoms. The van der Waals surface area contributed by atoms with Gasteiger partial charge in [0.1, 0.15) is 24.7 Å². The van der Waals surface area contributed by atoms with Crippen LogP contribution in [-0.4, -0.2) is 51.2 Å². The van der Waals surface area contributed by atoms with Crippen molar-refractivity contribution in [3.63, 3.8) is 0 Å². The monoisotopic (exact) mass is 505 g/mol. The Labute approximate surface area is 218 Å². The van der Waals surface area contributed by atoms with Gasteiger partial charge in [-0.25, -0.2) is 0 Å².